The lowest BCUT2D eigenvalue weighted by molar-refractivity contribution is -0.331. The molecule has 2 rings (SSSR count). The minimum Gasteiger partial charge on any atom is -0.337 e. The maximum absolute atomic E-state index is 15.8. The third-order valence-corrected chi connectivity index (χ3v) is 6.14. The van der Waals surface area contributed by atoms with Gasteiger partial charge in [-0.15, -0.1) is 0 Å². The largest absolute Gasteiger partial charge is 0.382 e. The molecule has 0 fully saturated rings. The van der Waals surface area contributed by atoms with Crippen molar-refractivity contribution in [2.45, 2.75) is 47.1 Å². The average Bonchev–Trinajstić information content (AvgIpc) is 3.30. The summed E-state index contributed by atoms with van der Waals surface area (Å²) in [5, 5.41) is 41.9. The van der Waals surface area contributed by atoms with Crippen molar-refractivity contribution in [3.05, 3.63) is 76.3 Å². The van der Waals surface area contributed by atoms with Crippen molar-refractivity contribution in [2.24, 2.45) is 21.0 Å². The first-order chi connectivity index (χ1) is 20.6. The zero-order chi connectivity index (χ0) is 33.2. The Hall–Kier alpha value is -4.44. The van der Waals surface area contributed by atoms with E-state index in [0.717, 1.165) is 12.4 Å². The van der Waals surface area contributed by atoms with E-state index >= 15 is 8.78 Å². The third-order valence-electron chi connectivity index (χ3n) is 5.86. The van der Waals surface area contributed by atoms with Crippen LogP contribution in [0.2, 0.25) is 0 Å². The monoisotopic (exact) mass is 633 g/mol. The molecule has 236 valence electrons. The van der Waals surface area contributed by atoms with E-state index in [1.54, 1.807) is 45.3 Å². The Morgan fingerprint density at radius 1 is 1.32 bits per heavy atom. The standard InChI is InChI=1S/C28H34ClF2N9O4/c1-7-11-33-27(21-9-8-10-24(25(21)31)40-19(5)34-17(3)37-40)23(30)14-39(6)18(4)35-26(22(29)15-41)16(2)12-20(13-32)36-38-28(42,43)44/h7-11,13-16,32,38,42-44H,12H2,1-6H3/b11-7+,23-14-,26-22+,32-13?,33-27+,35-18?,36-20-. The molecule has 13 nitrogen and oxygen atoms in total. The first-order valence-corrected chi connectivity index (χ1v) is 13.4. The van der Waals surface area contributed by atoms with E-state index in [1.807, 2.05) is 0 Å². The van der Waals surface area contributed by atoms with Crippen LogP contribution >= 0.6 is 11.6 Å². The molecule has 0 aliphatic carbocycles. The molecule has 0 saturated heterocycles. The van der Waals surface area contributed by atoms with Gasteiger partial charge in [0.05, 0.1) is 11.4 Å². The maximum Gasteiger partial charge on any atom is 0.382 e. The third kappa shape index (κ3) is 9.80. The molecule has 1 aromatic carbocycles. The second kappa shape index (κ2) is 15.9. The SMILES string of the molecule is C/C=C/N=C(/C(F)=C/N(C)C(C)=N/C(=C(/Cl)C=O)C(C)C/C(C=N)=N/NC(O)(O)O)c1cccc(-n2nc(C)nc2C)c1F. The number of nitrogens with zero attached hydrogens (tertiary/aromatic N) is 7. The Labute approximate surface area is 257 Å². The molecule has 44 heavy (non-hydrogen) atoms. The molecular formula is C28H34ClF2N9O4. The number of carbonyl (C=O) groups excluding carboxylic acids is 1. The van der Waals surface area contributed by atoms with Gasteiger partial charge in [0.25, 0.3) is 0 Å². The normalized spacial score (nSPS) is 14.9. The summed E-state index contributed by atoms with van der Waals surface area (Å²) in [6.07, 6.45) is 1.67. The highest BCUT2D eigenvalue weighted by atomic mass is 35.5. The second-order valence-electron chi connectivity index (χ2n) is 9.41. The Bertz CT molecular complexity index is 1560. The van der Waals surface area contributed by atoms with Gasteiger partial charge in [0, 0.05) is 43.6 Å². The Morgan fingerprint density at radius 3 is 2.55 bits per heavy atom. The van der Waals surface area contributed by atoms with Crippen LogP contribution in [-0.2, 0) is 4.79 Å². The highest BCUT2D eigenvalue weighted by molar-refractivity contribution is 6.39. The van der Waals surface area contributed by atoms with Crippen molar-refractivity contribution in [3.63, 3.8) is 0 Å². The van der Waals surface area contributed by atoms with E-state index in [9.17, 15) is 4.79 Å². The van der Waals surface area contributed by atoms with E-state index < -0.39 is 23.7 Å². The van der Waals surface area contributed by atoms with E-state index in [4.69, 9.17) is 32.3 Å². The van der Waals surface area contributed by atoms with E-state index in [-0.39, 0.29) is 45.7 Å². The van der Waals surface area contributed by atoms with Gasteiger partial charge in [-0.1, -0.05) is 30.7 Å². The molecule has 16 heteroatoms. The first-order valence-electron chi connectivity index (χ1n) is 13.0. The molecule has 0 aliphatic heterocycles. The molecule has 0 amide bonds. The van der Waals surface area contributed by atoms with Crippen LogP contribution in [0.5, 0.6) is 0 Å². The highest BCUT2D eigenvalue weighted by Crippen LogP contribution is 2.24. The molecule has 5 N–H and O–H groups in total. The fourth-order valence-electron chi connectivity index (χ4n) is 3.76. The number of aryl methyl sites for hydroxylation is 2. The number of rotatable bonds is 13. The molecule has 0 spiro atoms. The average molecular weight is 634 g/mol. The van der Waals surface area contributed by atoms with Crippen LogP contribution in [0.3, 0.4) is 0 Å². The number of aliphatic imine (C=N–C) groups is 2. The maximum atomic E-state index is 15.8. The van der Waals surface area contributed by atoms with Gasteiger partial charge in [-0.3, -0.25) is 9.79 Å². The Kier molecular flexibility index (Phi) is 12.9. The fraction of sp³-hybridized carbons (Fsp3) is 0.321. The van der Waals surface area contributed by atoms with Gasteiger partial charge in [-0.2, -0.15) is 10.2 Å². The number of nitrogens with one attached hydrogen (secondary N) is 2. The van der Waals surface area contributed by atoms with Crippen LogP contribution in [0, 0.1) is 31.0 Å². The quantitative estimate of drug-likeness (QED) is 0.0555. The number of aromatic nitrogens is 3. The number of hydrazone groups is 1. The Morgan fingerprint density at radius 2 is 2.00 bits per heavy atom. The predicted molar refractivity (Wildman–Crippen MR) is 164 cm³/mol. The van der Waals surface area contributed by atoms with Gasteiger partial charge in [0.2, 0.25) is 0 Å². The first kappa shape index (κ1) is 35.8. The molecule has 0 saturated carbocycles. The number of carbonyl (C=O) groups is 1. The minimum absolute atomic E-state index is 0.0515. The summed E-state index contributed by atoms with van der Waals surface area (Å²) in [7, 11) is 1.47. The van der Waals surface area contributed by atoms with Gasteiger partial charge in [0.1, 0.15) is 33.9 Å². The van der Waals surface area contributed by atoms with Gasteiger partial charge in [-0.05, 0) is 39.8 Å². The molecular weight excluding hydrogens is 600 g/mol. The number of halogens is 3. The minimum atomic E-state index is -3.31. The van der Waals surface area contributed by atoms with E-state index in [0.29, 0.717) is 17.9 Å². The van der Waals surface area contributed by atoms with Crippen molar-refractivity contribution < 1.29 is 28.9 Å². The molecule has 1 aromatic heterocycles. The van der Waals surface area contributed by atoms with Crippen LogP contribution in [0.15, 0.2) is 68.3 Å². The zero-order valence-electron chi connectivity index (χ0n) is 24.9. The van der Waals surface area contributed by atoms with Gasteiger partial charge in [0.15, 0.2) is 17.9 Å². The highest BCUT2D eigenvalue weighted by Gasteiger charge is 2.22. The number of allylic oxidation sites excluding steroid dienone is 4. The molecule has 0 radical (unpaired) electrons. The molecule has 0 aliphatic rings. The number of hydrogen-bond donors (Lipinski definition) is 5. The number of benzene rings is 1. The van der Waals surface area contributed by atoms with E-state index in [1.165, 1.54) is 41.9 Å². The van der Waals surface area contributed by atoms with Gasteiger partial charge in [-0.25, -0.2) is 28.9 Å². The molecule has 0 bridgehead atoms. The lowest BCUT2D eigenvalue weighted by Gasteiger charge is -2.19. The molecule has 1 heterocycles. The lowest BCUT2D eigenvalue weighted by Crippen LogP contribution is -2.42. The van der Waals surface area contributed by atoms with Crippen LogP contribution in [0.1, 0.15) is 44.4 Å². The summed E-state index contributed by atoms with van der Waals surface area (Å²) in [5.74, 6) is -1.29. The number of aliphatic hydroxyl groups is 3. The summed E-state index contributed by atoms with van der Waals surface area (Å²) in [4.78, 5) is 25.5. The molecule has 2 aromatic rings. The van der Waals surface area contributed by atoms with Crippen molar-refractivity contribution in [1.82, 2.24) is 25.1 Å². The number of amidine groups is 1. The van der Waals surface area contributed by atoms with Gasteiger partial charge < -0.3 is 25.6 Å². The van der Waals surface area contributed by atoms with Crippen LogP contribution in [0.25, 0.3) is 5.69 Å². The van der Waals surface area contributed by atoms with Crippen molar-refractivity contribution in [1.29, 1.82) is 5.41 Å². The summed E-state index contributed by atoms with van der Waals surface area (Å²) in [6, 6.07) is 4.41. The van der Waals surface area contributed by atoms with Gasteiger partial charge >= 0.3 is 6.10 Å². The summed E-state index contributed by atoms with van der Waals surface area (Å²) >= 11 is 6.12. The van der Waals surface area contributed by atoms with Crippen molar-refractivity contribution in [2.75, 3.05) is 7.05 Å². The lowest BCUT2D eigenvalue weighted by atomic mass is 10.0. The smallest absolute Gasteiger partial charge is 0.337 e. The fourth-order valence-corrected chi connectivity index (χ4v) is 3.98. The van der Waals surface area contributed by atoms with E-state index in [2.05, 4.69) is 25.2 Å². The number of aldehydes is 1. The molecule has 1 atom stereocenters. The van der Waals surface area contributed by atoms with Crippen molar-refractivity contribution in [3.8, 4) is 5.69 Å². The number of hydrogen-bond acceptors (Lipinski definition) is 11. The second-order valence-corrected chi connectivity index (χ2v) is 9.82. The summed E-state index contributed by atoms with van der Waals surface area (Å²) < 4.78 is 32.9. The zero-order valence-corrected chi connectivity index (χ0v) is 25.7. The van der Waals surface area contributed by atoms with Crippen LogP contribution < -0.4 is 5.43 Å². The topological polar surface area (TPSA) is 185 Å². The van der Waals surface area contributed by atoms with Crippen molar-refractivity contribution >= 4 is 41.4 Å². The summed E-state index contributed by atoms with van der Waals surface area (Å²) in [6.45, 7) is 8.12. The predicted octanol–water partition coefficient (Wildman–Crippen LogP) is 3.37. The van der Waals surface area contributed by atoms with Crippen LogP contribution in [-0.4, -0.2) is 77.9 Å². The van der Waals surface area contributed by atoms with Crippen LogP contribution in [0.4, 0.5) is 8.78 Å². The molecule has 1 unspecified atom stereocenters. The summed E-state index contributed by atoms with van der Waals surface area (Å²) in [5.41, 5.74) is 1.26. The Balaban J connectivity index is 2.49.